The van der Waals surface area contributed by atoms with Crippen molar-refractivity contribution in [2.24, 2.45) is 5.73 Å². The second kappa shape index (κ2) is 5.30. The Labute approximate surface area is 103 Å². The van der Waals surface area contributed by atoms with Gasteiger partial charge in [-0.25, -0.2) is 8.78 Å². The Morgan fingerprint density at radius 1 is 1.56 bits per heavy atom. The van der Waals surface area contributed by atoms with Gasteiger partial charge in [-0.3, -0.25) is 4.79 Å². The summed E-state index contributed by atoms with van der Waals surface area (Å²) in [6.45, 7) is 0.756. The van der Waals surface area contributed by atoms with Crippen LogP contribution in [0.2, 0.25) is 0 Å². The molecule has 0 heterocycles. The molecule has 1 atom stereocenters. The Balaban J connectivity index is 3.07. The number of methoxy groups -OCH3 is 1. The number of hydrogen-bond donors (Lipinski definition) is 2. The smallest absolute Gasteiger partial charge is 0.320 e. The number of nitrogens with two attached hydrogens (primary N) is 1. The van der Waals surface area contributed by atoms with Crippen molar-refractivity contribution in [2.75, 3.05) is 7.11 Å². The van der Waals surface area contributed by atoms with Gasteiger partial charge >= 0.3 is 5.97 Å². The highest BCUT2D eigenvalue weighted by Crippen LogP contribution is 2.35. The molecule has 0 amide bonds. The van der Waals surface area contributed by atoms with E-state index in [1.54, 1.807) is 0 Å². The maximum absolute atomic E-state index is 13.4. The molecule has 0 aromatic heterocycles. The van der Waals surface area contributed by atoms with E-state index in [9.17, 15) is 13.6 Å². The first-order valence-corrected chi connectivity index (χ1v) is 5.29. The van der Waals surface area contributed by atoms with Gasteiger partial charge in [-0.15, -0.1) is 0 Å². The van der Waals surface area contributed by atoms with Gasteiger partial charge in [-0.05, 0) is 24.1 Å². The average molecular weight is 259 g/mol. The van der Waals surface area contributed by atoms with Crippen molar-refractivity contribution in [1.29, 1.82) is 0 Å². The Morgan fingerprint density at radius 3 is 2.61 bits per heavy atom. The van der Waals surface area contributed by atoms with Crippen LogP contribution in [0.1, 0.15) is 18.1 Å². The van der Waals surface area contributed by atoms with Gasteiger partial charge in [0.25, 0.3) is 5.92 Å². The molecule has 0 aliphatic heterocycles. The molecular weight excluding hydrogens is 244 g/mol. The first-order valence-electron chi connectivity index (χ1n) is 5.29. The van der Waals surface area contributed by atoms with E-state index < -0.39 is 17.9 Å². The maximum atomic E-state index is 13.4. The van der Waals surface area contributed by atoms with Crippen molar-refractivity contribution in [2.45, 2.75) is 25.3 Å². The summed E-state index contributed by atoms with van der Waals surface area (Å²) in [6, 6.07) is 3.02. The summed E-state index contributed by atoms with van der Waals surface area (Å²) >= 11 is 0. The molecule has 1 unspecified atom stereocenters. The SMILES string of the molecule is COc1ccc(CC(N)C(=O)O)cc1C(C)(F)F. The second-order valence-corrected chi connectivity index (χ2v) is 4.07. The molecule has 18 heavy (non-hydrogen) atoms. The number of rotatable bonds is 5. The first kappa shape index (κ1) is 14.4. The molecule has 1 aromatic rings. The molecule has 100 valence electrons. The highest BCUT2D eigenvalue weighted by atomic mass is 19.3. The third-order valence-corrected chi connectivity index (χ3v) is 2.51. The fraction of sp³-hybridized carbons (Fsp3) is 0.417. The molecule has 1 rings (SSSR count). The van der Waals surface area contributed by atoms with Crippen LogP contribution in [0.3, 0.4) is 0 Å². The second-order valence-electron chi connectivity index (χ2n) is 4.07. The lowest BCUT2D eigenvalue weighted by molar-refractivity contribution is -0.138. The van der Waals surface area contributed by atoms with E-state index in [-0.39, 0.29) is 17.7 Å². The number of carboxylic acid groups (broad SMARTS) is 1. The van der Waals surface area contributed by atoms with Gasteiger partial charge in [0.2, 0.25) is 0 Å². The summed E-state index contributed by atoms with van der Waals surface area (Å²) < 4.78 is 31.6. The largest absolute Gasteiger partial charge is 0.496 e. The monoisotopic (exact) mass is 259 g/mol. The van der Waals surface area contributed by atoms with E-state index in [1.165, 1.54) is 25.3 Å². The fourth-order valence-electron chi connectivity index (χ4n) is 1.57. The minimum absolute atomic E-state index is 0.0115. The summed E-state index contributed by atoms with van der Waals surface area (Å²) in [5.41, 5.74) is 5.51. The zero-order valence-electron chi connectivity index (χ0n) is 10.1. The Morgan fingerprint density at radius 2 is 2.17 bits per heavy atom. The zero-order valence-corrected chi connectivity index (χ0v) is 10.1. The Bertz CT molecular complexity index is 443. The topological polar surface area (TPSA) is 72.5 Å². The van der Waals surface area contributed by atoms with Gasteiger partial charge in [0.05, 0.1) is 12.7 Å². The van der Waals surface area contributed by atoms with E-state index in [4.69, 9.17) is 15.6 Å². The first-order chi connectivity index (χ1) is 8.25. The number of carbonyl (C=O) groups is 1. The predicted molar refractivity (Wildman–Crippen MR) is 61.9 cm³/mol. The lowest BCUT2D eigenvalue weighted by Gasteiger charge is -2.16. The van der Waals surface area contributed by atoms with Crippen LogP contribution in [0.25, 0.3) is 0 Å². The number of ether oxygens (including phenoxy) is 1. The van der Waals surface area contributed by atoms with E-state index >= 15 is 0 Å². The third kappa shape index (κ3) is 3.40. The van der Waals surface area contributed by atoms with Crippen molar-refractivity contribution in [1.82, 2.24) is 0 Å². The van der Waals surface area contributed by atoms with Crippen LogP contribution in [-0.4, -0.2) is 24.2 Å². The number of benzene rings is 1. The van der Waals surface area contributed by atoms with Crippen LogP contribution in [0, 0.1) is 0 Å². The molecular formula is C12H15F2NO3. The number of aliphatic carboxylic acids is 1. The van der Waals surface area contributed by atoms with Gasteiger partial charge in [0.15, 0.2) is 0 Å². The summed E-state index contributed by atoms with van der Waals surface area (Å²) in [4.78, 5) is 10.6. The average Bonchev–Trinajstić information content (AvgIpc) is 2.27. The number of hydrogen-bond acceptors (Lipinski definition) is 3. The van der Waals surface area contributed by atoms with Crippen LogP contribution in [-0.2, 0) is 17.1 Å². The van der Waals surface area contributed by atoms with Crippen LogP contribution in [0.15, 0.2) is 18.2 Å². The number of alkyl halides is 2. The van der Waals surface area contributed by atoms with Gasteiger partial charge in [0.1, 0.15) is 11.8 Å². The molecule has 0 bridgehead atoms. The van der Waals surface area contributed by atoms with Crippen LogP contribution in [0.4, 0.5) is 8.78 Å². The summed E-state index contributed by atoms with van der Waals surface area (Å²) in [7, 11) is 1.30. The van der Waals surface area contributed by atoms with Gasteiger partial charge < -0.3 is 15.6 Å². The van der Waals surface area contributed by atoms with E-state index in [0.717, 1.165) is 6.92 Å². The molecule has 0 saturated heterocycles. The number of halogens is 2. The highest BCUT2D eigenvalue weighted by molar-refractivity contribution is 5.73. The van der Waals surface area contributed by atoms with Crippen molar-refractivity contribution < 1.29 is 23.4 Å². The fourth-order valence-corrected chi connectivity index (χ4v) is 1.57. The molecule has 0 aliphatic rings. The quantitative estimate of drug-likeness (QED) is 0.845. The molecule has 0 aliphatic carbocycles. The van der Waals surface area contributed by atoms with Crippen molar-refractivity contribution >= 4 is 5.97 Å². The van der Waals surface area contributed by atoms with Gasteiger partial charge in [-0.2, -0.15) is 0 Å². The van der Waals surface area contributed by atoms with E-state index in [1.807, 2.05) is 0 Å². The molecule has 4 nitrogen and oxygen atoms in total. The maximum Gasteiger partial charge on any atom is 0.320 e. The molecule has 3 N–H and O–H groups in total. The predicted octanol–water partition coefficient (Wildman–Crippen LogP) is 1.76. The van der Waals surface area contributed by atoms with Crippen LogP contribution >= 0.6 is 0 Å². The lowest BCUT2D eigenvalue weighted by Crippen LogP contribution is -2.32. The number of carboxylic acids is 1. The lowest BCUT2D eigenvalue weighted by atomic mass is 10.0. The highest BCUT2D eigenvalue weighted by Gasteiger charge is 2.29. The van der Waals surface area contributed by atoms with Crippen LogP contribution in [0.5, 0.6) is 5.75 Å². The van der Waals surface area contributed by atoms with Crippen LogP contribution < -0.4 is 10.5 Å². The minimum Gasteiger partial charge on any atom is -0.496 e. The molecule has 0 radical (unpaired) electrons. The summed E-state index contributed by atoms with van der Waals surface area (Å²) in [5, 5.41) is 8.68. The van der Waals surface area contributed by atoms with Crippen molar-refractivity contribution in [3.8, 4) is 5.75 Å². The molecule has 0 spiro atoms. The summed E-state index contributed by atoms with van der Waals surface area (Å²) in [6.07, 6.45) is -0.0115. The molecule has 0 saturated carbocycles. The molecule has 0 fully saturated rings. The van der Waals surface area contributed by atoms with E-state index in [0.29, 0.717) is 5.56 Å². The van der Waals surface area contributed by atoms with Crippen molar-refractivity contribution in [3.63, 3.8) is 0 Å². The van der Waals surface area contributed by atoms with Crippen molar-refractivity contribution in [3.05, 3.63) is 29.3 Å². The van der Waals surface area contributed by atoms with Gasteiger partial charge in [0, 0.05) is 6.92 Å². The molecule has 6 heteroatoms. The standard InChI is InChI=1S/C12H15F2NO3/c1-12(13,14)8-5-7(3-4-10(8)18-2)6-9(15)11(16)17/h3-5,9H,6,15H2,1-2H3,(H,16,17). The minimum atomic E-state index is -3.06. The Hall–Kier alpha value is -1.69. The van der Waals surface area contributed by atoms with E-state index in [2.05, 4.69) is 0 Å². The Kier molecular flexibility index (Phi) is 4.24. The molecule has 1 aromatic carbocycles. The zero-order chi connectivity index (χ0) is 13.9. The normalized spacial score (nSPS) is 13.2. The third-order valence-electron chi connectivity index (χ3n) is 2.51. The van der Waals surface area contributed by atoms with Gasteiger partial charge in [-0.1, -0.05) is 6.07 Å². The summed E-state index contributed by atoms with van der Waals surface area (Å²) in [5.74, 6) is -4.17.